The molecule has 2 rings (SSSR count). The molecule has 1 aromatic carbocycles. The number of nitrogens with two attached hydrogens (primary N) is 1. The fourth-order valence-corrected chi connectivity index (χ4v) is 3.55. The Morgan fingerprint density at radius 3 is 2.52 bits per heavy atom. The predicted octanol–water partition coefficient (Wildman–Crippen LogP) is 4.46. The van der Waals surface area contributed by atoms with Crippen molar-refractivity contribution in [1.29, 1.82) is 0 Å². The first-order valence-electron chi connectivity index (χ1n) is 7.35. The first-order valence-corrected chi connectivity index (χ1v) is 9.02. The predicted molar refractivity (Wildman–Crippen MR) is 95.8 cm³/mol. The van der Waals surface area contributed by atoms with Crippen LogP contribution in [-0.4, -0.2) is 24.5 Å². The van der Waals surface area contributed by atoms with Gasteiger partial charge in [0, 0.05) is 28.0 Å². The van der Waals surface area contributed by atoms with Gasteiger partial charge in [-0.05, 0) is 49.0 Å². The maximum absolute atomic E-state index is 6.39. The van der Waals surface area contributed by atoms with Crippen LogP contribution in [0.15, 0.2) is 46.3 Å². The normalized spacial score (nSPS) is 14.3. The van der Waals surface area contributed by atoms with Gasteiger partial charge in [-0.25, -0.2) is 0 Å². The summed E-state index contributed by atoms with van der Waals surface area (Å²) < 4.78 is 1.11. The summed E-state index contributed by atoms with van der Waals surface area (Å²) in [5.41, 5.74) is 7.68. The third-order valence-corrected chi connectivity index (χ3v) is 5.32. The molecule has 0 radical (unpaired) electrons. The summed E-state index contributed by atoms with van der Waals surface area (Å²) in [6.45, 7) is 3.18. The van der Waals surface area contributed by atoms with Crippen LogP contribution in [0.1, 0.15) is 29.8 Å². The Morgan fingerprint density at radius 1 is 1.24 bits per heavy atom. The highest BCUT2D eigenvalue weighted by Gasteiger charge is 2.22. The molecule has 0 fully saturated rings. The molecule has 1 aromatic heterocycles. The van der Waals surface area contributed by atoms with Gasteiger partial charge in [0.1, 0.15) is 0 Å². The largest absolute Gasteiger partial charge is 0.326 e. The summed E-state index contributed by atoms with van der Waals surface area (Å²) in [6.07, 6.45) is 2.06. The molecule has 0 aliphatic carbocycles. The third kappa shape index (κ3) is 4.65. The highest BCUT2D eigenvalue weighted by atomic mass is 79.9. The molecule has 21 heavy (non-hydrogen) atoms. The Kier molecular flexibility index (Phi) is 6.42. The minimum atomic E-state index is 0.152. The van der Waals surface area contributed by atoms with Crippen molar-refractivity contribution in [2.75, 3.05) is 13.6 Å². The standard InChI is InChI=1S/C17H23BrN2S/c1-3-16(19)17(13-6-8-14(18)9-7-13)20(2)11-10-15-5-4-12-21-15/h4-9,12,16-17H,3,10-11,19H2,1-2H3. The van der Waals surface area contributed by atoms with Crippen LogP contribution in [0.4, 0.5) is 0 Å². The monoisotopic (exact) mass is 366 g/mol. The van der Waals surface area contributed by atoms with Crippen LogP contribution in [0, 0.1) is 0 Å². The second kappa shape index (κ2) is 8.08. The van der Waals surface area contributed by atoms with E-state index in [9.17, 15) is 0 Å². The lowest BCUT2D eigenvalue weighted by Crippen LogP contribution is -2.39. The Balaban J connectivity index is 2.09. The Labute approximate surface area is 140 Å². The average molecular weight is 367 g/mol. The number of benzene rings is 1. The van der Waals surface area contributed by atoms with Crippen LogP contribution in [0.2, 0.25) is 0 Å². The van der Waals surface area contributed by atoms with E-state index in [-0.39, 0.29) is 12.1 Å². The van der Waals surface area contributed by atoms with Gasteiger partial charge in [0.05, 0.1) is 0 Å². The number of hydrogen-bond acceptors (Lipinski definition) is 3. The first-order chi connectivity index (χ1) is 10.1. The van der Waals surface area contributed by atoms with Crippen molar-refractivity contribution in [3.8, 4) is 0 Å². The zero-order valence-corrected chi connectivity index (χ0v) is 15.0. The van der Waals surface area contributed by atoms with Crippen LogP contribution in [-0.2, 0) is 6.42 Å². The summed E-state index contributed by atoms with van der Waals surface area (Å²) in [4.78, 5) is 3.82. The quantitative estimate of drug-likeness (QED) is 0.783. The zero-order chi connectivity index (χ0) is 15.2. The van der Waals surface area contributed by atoms with Gasteiger partial charge < -0.3 is 5.73 Å². The van der Waals surface area contributed by atoms with Crippen molar-refractivity contribution < 1.29 is 0 Å². The fourth-order valence-electron chi connectivity index (χ4n) is 2.59. The van der Waals surface area contributed by atoms with Crippen molar-refractivity contribution in [2.24, 2.45) is 5.73 Å². The molecule has 2 atom stereocenters. The average Bonchev–Trinajstić information content (AvgIpc) is 3.00. The van der Waals surface area contributed by atoms with Crippen LogP contribution in [0.25, 0.3) is 0 Å². The van der Waals surface area contributed by atoms with Crippen LogP contribution < -0.4 is 5.73 Å². The lowest BCUT2D eigenvalue weighted by atomic mass is 9.96. The minimum absolute atomic E-state index is 0.152. The van der Waals surface area contributed by atoms with Gasteiger partial charge in [-0.1, -0.05) is 41.1 Å². The smallest absolute Gasteiger partial charge is 0.0496 e. The maximum Gasteiger partial charge on any atom is 0.0496 e. The van der Waals surface area contributed by atoms with Gasteiger partial charge in [-0.15, -0.1) is 11.3 Å². The summed E-state index contributed by atoms with van der Waals surface area (Å²) in [5, 5.41) is 2.14. The Morgan fingerprint density at radius 2 is 1.95 bits per heavy atom. The molecule has 0 amide bonds. The van der Waals surface area contributed by atoms with Gasteiger partial charge in [0.25, 0.3) is 0 Å². The van der Waals surface area contributed by atoms with Crippen LogP contribution >= 0.6 is 27.3 Å². The van der Waals surface area contributed by atoms with E-state index in [0.29, 0.717) is 0 Å². The fraction of sp³-hybridized carbons (Fsp3) is 0.412. The molecule has 2 nitrogen and oxygen atoms in total. The van der Waals surface area contributed by atoms with Gasteiger partial charge in [0.15, 0.2) is 0 Å². The molecule has 2 unspecified atom stereocenters. The summed E-state index contributed by atoms with van der Waals surface area (Å²) >= 11 is 5.32. The molecule has 4 heteroatoms. The summed E-state index contributed by atoms with van der Waals surface area (Å²) in [7, 11) is 2.18. The van der Waals surface area contributed by atoms with E-state index in [0.717, 1.165) is 23.9 Å². The number of thiophene rings is 1. The lowest BCUT2D eigenvalue weighted by Gasteiger charge is -2.32. The molecule has 0 saturated carbocycles. The van der Waals surface area contributed by atoms with Crippen molar-refractivity contribution in [2.45, 2.75) is 31.8 Å². The molecule has 2 aromatic rings. The van der Waals surface area contributed by atoms with Crippen LogP contribution in [0.5, 0.6) is 0 Å². The highest BCUT2D eigenvalue weighted by molar-refractivity contribution is 9.10. The second-order valence-electron chi connectivity index (χ2n) is 5.38. The third-order valence-electron chi connectivity index (χ3n) is 3.85. The number of hydrogen-bond donors (Lipinski definition) is 1. The van der Waals surface area contributed by atoms with E-state index in [4.69, 9.17) is 5.73 Å². The van der Waals surface area contributed by atoms with Gasteiger partial charge >= 0.3 is 0 Å². The van der Waals surface area contributed by atoms with Crippen LogP contribution in [0.3, 0.4) is 0 Å². The molecular weight excluding hydrogens is 344 g/mol. The Hall–Kier alpha value is -0.680. The van der Waals surface area contributed by atoms with Crippen molar-refractivity contribution in [3.05, 3.63) is 56.7 Å². The zero-order valence-electron chi connectivity index (χ0n) is 12.6. The number of rotatable bonds is 7. The summed E-state index contributed by atoms with van der Waals surface area (Å²) in [6, 6.07) is 13.3. The lowest BCUT2D eigenvalue weighted by molar-refractivity contribution is 0.212. The molecule has 0 saturated heterocycles. The first kappa shape index (κ1) is 16.7. The van der Waals surface area contributed by atoms with Gasteiger partial charge in [0.2, 0.25) is 0 Å². The van der Waals surface area contributed by atoms with E-state index in [1.54, 1.807) is 0 Å². The molecule has 0 spiro atoms. The van der Waals surface area contributed by atoms with E-state index in [2.05, 4.69) is 76.6 Å². The molecule has 0 aliphatic rings. The summed E-state index contributed by atoms with van der Waals surface area (Å²) in [5.74, 6) is 0. The van der Waals surface area contributed by atoms with Gasteiger partial charge in [-0.2, -0.15) is 0 Å². The molecule has 0 bridgehead atoms. The van der Waals surface area contributed by atoms with Crippen molar-refractivity contribution >= 4 is 27.3 Å². The molecular formula is C17H23BrN2S. The van der Waals surface area contributed by atoms with Crippen molar-refractivity contribution in [1.82, 2.24) is 4.90 Å². The van der Waals surface area contributed by atoms with E-state index < -0.39 is 0 Å². The topological polar surface area (TPSA) is 29.3 Å². The van der Waals surface area contributed by atoms with Gasteiger partial charge in [-0.3, -0.25) is 4.90 Å². The van der Waals surface area contributed by atoms with E-state index in [1.807, 2.05) is 11.3 Å². The number of likely N-dealkylation sites (N-methyl/N-ethyl adjacent to an activating group) is 1. The molecule has 114 valence electrons. The SMILES string of the molecule is CCC(N)C(c1ccc(Br)cc1)N(C)CCc1cccs1. The second-order valence-corrected chi connectivity index (χ2v) is 7.33. The molecule has 0 aliphatic heterocycles. The number of halogens is 1. The Bertz CT molecular complexity index is 524. The van der Waals surface area contributed by atoms with E-state index in [1.165, 1.54) is 10.4 Å². The highest BCUT2D eigenvalue weighted by Crippen LogP contribution is 2.26. The minimum Gasteiger partial charge on any atom is -0.326 e. The molecule has 2 N–H and O–H groups in total. The van der Waals surface area contributed by atoms with Crippen molar-refractivity contribution in [3.63, 3.8) is 0 Å². The maximum atomic E-state index is 6.39. The molecule has 1 heterocycles. The van der Waals surface area contributed by atoms with E-state index >= 15 is 0 Å². The number of nitrogens with zero attached hydrogens (tertiary/aromatic N) is 1.